The third-order valence-electron chi connectivity index (χ3n) is 2.75. The van der Waals surface area contributed by atoms with E-state index in [1.165, 1.54) is 0 Å². The first-order valence-corrected chi connectivity index (χ1v) is 6.12. The average Bonchev–Trinajstić information content (AvgIpc) is 2.89. The Labute approximate surface area is 106 Å². The van der Waals surface area contributed by atoms with Gasteiger partial charge in [-0.2, -0.15) is 0 Å². The van der Waals surface area contributed by atoms with Gasteiger partial charge in [0.25, 0.3) is 0 Å². The molecule has 0 aliphatic carbocycles. The van der Waals surface area contributed by atoms with Crippen molar-refractivity contribution in [3.8, 4) is 0 Å². The molecule has 0 aromatic carbocycles. The summed E-state index contributed by atoms with van der Waals surface area (Å²) in [6, 6.07) is 0. The van der Waals surface area contributed by atoms with E-state index in [4.69, 9.17) is 0 Å². The molecule has 0 unspecified atom stereocenters. The lowest BCUT2D eigenvalue weighted by Crippen LogP contribution is -2.15. The van der Waals surface area contributed by atoms with E-state index in [9.17, 15) is 5.11 Å². The van der Waals surface area contributed by atoms with Crippen LogP contribution in [0.5, 0.6) is 0 Å². The zero-order valence-corrected chi connectivity index (χ0v) is 11.0. The molecule has 2 rings (SSSR count). The smallest absolute Gasteiger partial charge is 0.114 e. The molecule has 6 heteroatoms. The summed E-state index contributed by atoms with van der Waals surface area (Å²) in [7, 11) is 0. The molecule has 0 saturated carbocycles. The van der Waals surface area contributed by atoms with Crippen LogP contribution >= 0.6 is 0 Å². The van der Waals surface area contributed by atoms with Crippen molar-refractivity contribution >= 4 is 0 Å². The van der Waals surface area contributed by atoms with Crippen LogP contribution in [-0.4, -0.2) is 29.7 Å². The zero-order valence-electron chi connectivity index (χ0n) is 11.0. The Bertz CT molecular complexity index is 509. The maximum absolute atomic E-state index is 9.83. The van der Waals surface area contributed by atoms with Crippen LogP contribution in [0.2, 0.25) is 0 Å². The van der Waals surface area contributed by atoms with Gasteiger partial charge in [0.2, 0.25) is 0 Å². The Morgan fingerprint density at radius 1 is 1.39 bits per heavy atom. The quantitative estimate of drug-likeness (QED) is 0.863. The minimum atomic E-state index is -0.956. The molecule has 0 amide bonds. The van der Waals surface area contributed by atoms with Gasteiger partial charge in [-0.15, -0.1) is 5.10 Å². The molecule has 0 aliphatic rings. The number of imidazole rings is 1. The zero-order chi connectivity index (χ0) is 13.2. The minimum Gasteiger partial charge on any atom is -0.384 e. The van der Waals surface area contributed by atoms with Crippen LogP contribution in [0, 0.1) is 0 Å². The van der Waals surface area contributed by atoms with Crippen molar-refractivity contribution in [2.45, 2.75) is 45.9 Å². The first-order valence-electron chi connectivity index (χ1n) is 6.12. The number of aryl methyl sites for hydroxylation is 1. The summed E-state index contributed by atoms with van der Waals surface area (Å²) in [5, 5.41) is 17.8. The van der Waals surface area contributed by atoms with Crippen LogP contribution in [-0.2, 0) is 18.7 Å². The molecule has 0 saturated heterocycles. The maximum atomic E-state index is 9.83. The number of aliphatic hydroxyl groups is 1. The minimum absolute atomic E-state index is 0.573. The second-order valence-electron chi connectivity index (χ2n) is 4.94. The van der Waals surface area contributed by atoms with Gasteiger partial charge in [0.05, 0.1) is 31.0 Å². The summed E-state index contributed by atoms with van der Waals surface area (Å²) >= 11 is 0. The monoisotopic (exact) mass is 249 g/mol. The molecule has 0 atom stereocenters. The van der Waals surface area contributed by atoms with E-state index in [0.717, 1.165) is 18.7 Å². The van der Waals surface area contributed by atoms with E-state index < -0.39 is 5.60 Å². The summed E-state index contributed by atoms with van der Waals surface area (Å²) < 4.78 is 3.82. The SMILES string of the molecule is CCCn1cncc1Cn1cc(C(C)(C)O)nn1. The fourth-order valence-corrected chi connectivity index (χ4v) is 1.74. The lowest BCUT2D eigenvalue weighted by atomic mass is 10.1. The number of hydrogen-bond donors (Lipinski definition) is 1. The van der Waals surface area contributed by atoms with Crippen molar-refractivity contribution in [2.75, 3.05) is 0 Å². The molecular formula is C12H19N5O. The van der Waals surface area contributed by atoms with E-state index in [0.29, 0.717) is 12.2 Å². The van der Waals surface area contributed by atoms with Crippen molar-refractivity contribution in [3.05, 3.63) is 30.1 Å². The van der Waals surface area contributed by atoms with Crippen LogP contribution in [0.25, 0.3) is 0 Å². The van der Waals surface area contributed by atoms with Gasteiger partial charge in [-0.25, -0.2) is 9.67 Å². The molecule has 2 aromatic rings. The highest BCUT2D eigenvalue weighted by Crippen LogP contribution is 2.16. The summed E-state index contributed by atoms with van der Waals surface area (Å²) in [6.45, 7) is 7.09. The van der Waals surface area contributed by atoms with Crippen molar-refractivity contribution in [1.82, 2.24) is 24.5 Å². The highest BCUT2D eigenvalue weighted by molar-refractivity contribution is 5.05. The summed E-state index contributed by atoms with van der Waals surface area (Å²) in [4.78, 5) is 4.14. The second-order valence-corrected chi connectivity index (χ2v) is 4.94. The van der Waals surface area contributed by atoms with Gasteiger partial charge in [0, 0.05) is 6.54 Å². The molecule has 2 heterocycles. The van der Waals surface area contributed by atoms with E-state index in [2.05, 4.69) is 26.8 Å². The number of hydrogen-bond acceptors (Lipinski definition) is 4. The van der Waals surface area contributed by atoms with Crippen LogP contribution in [0.1, 0.15) is 38.6 Å². The number of rotatable bonds is 5. The van der Waals surface area contributed by atoms with Crippen LogP contribution in [0.3, 0.4) is 0 Å². The van der Waals surface area contributed by atoms with Crippen molar-refractivity contribution in [2.24, 2.45) is 0 Å². The highest BCUT2D eigenvalue weighted by atomic mass is 16.3. The molecule has 0 spiro atoms. The fraction of sp³-hybridized carbons (Fsp3) is 0.583. The normalized spacial score (nSPS) is 12.0. The molecule has 98 valence electrons. The molecule has 0 fully saturated rings. The van der Waals surface area contributed by atoms with Crippen LogP contribution in [0.15, 0.2) is 18.7 Å². The molecule has 1 N–H and O–H groups in total. The van der Waals surface area contributed by atoms with Gasteiger partial charge >= 0.3 is 0 Å². The number of aromatic nitrogens is 5. The standard InChI is InChI=1S/C12H19N5O/c1-4-5-16-9-13-6-10(16)7-17-8-11(14-15-17)12(2,3)18/h6,8-9,18H,4-5,7H2,1-3H3. The van der Waals surface area contributed by atoms with Crippen LogP contribution in [0.4, 0.5) is 0 Å². The topological polar surface area (TPSA) is 68.8 Å². The maximum Gasteiger partial charge on any atom is 0.114 e. The van der Waals surface area contributed by atoms with Crippen molar-refractivity contribution < 1.29 is 5.11 Å². The third kappa shape index (κ3) is 2.76. The predicted molar refractivity (Wildman–Crippen MR) is 66.9 cm³/mol. The second kappa shape index (κ2) is 4.89. The third-order valence-corrected chi connectivity index (χ3v) is 2.75. The van der Waals surface area contributed by atoms with Gasteiger partial charge < -0.3 is 9.67 Å². The summed E-state index contributed by atoms with van der Waals surface area (Å²) in [6.07, 6.45) is 6.49. The van der Waals surface area contributed by atoms with E-state index >= 15 is 0 Å². The van der Waals surface area contributed by atoms with E-state index in [1.807, 2.05) is 12.5 Å². The first kappa shape index (κ1) is 12.8. The van der Waals surface area contributed by atoms with Crippen LogP contribution < -0.4 is 0 Å². The van der Waals surface area contributed by atoms with Gasteiger partial charge in [-0.3, -0.25) is 0 Å². The fourth-order valence-electron chi connectivity index (χ4n) is 1.74. The van der Waals surface area contributed by atoms with Gasteiger partial charge in [0.15, 0.2) is 0 Å². The summed E-state index contributed by atoms with van der Waals surface area (Å²) in [5.74, 6) is 0. The Balaban J connectivity index is 2.14. The molecule has 18 heavy (non-hydrogen) atoms. The lowest BCUT2D eigenvalue weighted by Gasteiger charge is -2.11. The largest absolute Gasteiger partial charge is 0.384 e. The molecule has 0 bridgehead atoms. The Hall–Kier alpha value is -1.69. The summed E-state index contributed by atoms with van der Waals surface area (Å²) in [5.41, 5.74) is 0.704. The van der Waals surface area contributed by atoms with E-state index in [1.54, 1.807) is 24.7 Å². The molecule has 0 aliphatic heterocycles. The van der Waals surface area contributed by atoms with E-state index in [-0.39, 0.29) is 0 Å². The predicted octanol–water partition coefficient (Wildman–Crippen LogP) is 1.16. The molecule has 2 aromatic heterocycles. The van der Waals surface area contributed by atoms with Crippen molar-refractivity contribution in [1.29, 1.82) is 0 Å². The van der Waals surface area contributed by atoms with Gasteiger partial charge in [-0.05, 0) is 20.3 Å². The Morgan fingerprint density at radius 3 is 2.78 bits per heavy atom. The molecule has 0 radical (unpaired) electrons. The van der Waals surface area contributed by atoms with Gasteiger partial charge in [-0.1, -0.05) is 12.1 Å². The average molecular weight is 249 g/mol. The van der Waals surface area contributed by atoms with Gasteiger partial charge in [0.1, 0.15) is 11.3 Å². The van der Waals surface area contributed by atoms with Crippen molar-refractivity contribution in [3.63, 3.8) is 0 Å². The molecule has 6 nitrogen and oxygen atoms in total. The number of nitrogens with zero attached hydrogens (tertiary/aromatic N) is 5. The Kier molecular flexibility index (Phi) is 3.47. The Morgan fingerprint density at radius 2 is 2.17 bits per heavy atom. The lowest BCUT2D eigenvalue weighted by molar-refractivity contribution is 0.0737. The molecular weight excluding hydrogens is 230 g/mol. The first-order chi connectivity index (χ1) is 8.50. The highest BCUT2D eigenvalue weighted by Gasteiger charge is 2.20.